The maximum atomic E-state index is 11.5. The molecule has 2 atom stereocenters. The molecule has 0 saturated carbocycles. The van der Waals surface area contributed by atoms with Crippen molar-refractivity contribution in [3.8, 4) is 0 Å². The summed E-state index contributed by atoms with van der Waals surface area (Å²) in [6.07, 6.45) is 4.80. The molecular formula is C8H15N4O+. The third-order valence-corrected chi connectivity index (χ3v) is 3.46. The number of fused-ring (bicyclic) bond motifs is 3. The Hall–Kier alpha value is -0.840. The van der Waals surface area contributed by atoms with Crippen molar-refractivity contribution < 1.29 is 4.98 Å². The quantitative estimate of drug-likeness (QED) is 0.538. The van der Waals surface area contributed by atoms with Crippen molar-refractivity contribution in [1.82, 2.24) is 15.6 Å². The SMILES string of the molecule is O=[N+]1NN2CCC[C@H]2[C@@H]2CCCN21. The van der Waals surface area contributed by atoms with Gasteiger partial charge in [-0.2, -0.15) is 5.01 Å². The maximum absolute atomic E-state index is 11.5. The van der Waals surface area contributed by atoms with E-state index in [4.69, 9.17) is 0 Å². The van der Waals surface area contributed by atoms with E-state index in [1.165, 1.54) is 19.3 Å². The minimum absolute atomic E-state index is 0.473. The number of hydrogen-bond acceptors (Lipinski definition) is 2. The second-order valence-corrected chi connectivity index (χ2v) is 4.15. The number of hydrazine groups is 3. The third kappa shape index (κ3) is 0.964. The molecule has 1 N–H and O–H groups in total. The summed E-state index contributed by atoms with van der Waals surface area (Å²) in [5, 5.41) is 4.05. The first kappa shape index (κ1) is 7.55. The van der Waals surface area contributed by atoms with E-state index in [1.54, 1.807) is 0 Å². The van der Waals surface area contributed by atoms with E-state index in [2.05, 4.69) is 10.5 Å². The molecule has 5 nitrogen and oxygen atoms in total. The smallest absolute Gasteiger partial charge is 0.162 e. The van der Waals surface area contributed by atoms with E-state index < -0.39 is 0 Å². The molecule has 0 amide bonds. The van der Waals surface area contributed by atoms with Gasteiger partial charge in [-0.05, 0) is 31.2 Å². The van der Waals surface area contributed by atoms with Crippen LogP contribution in [0.15, 0.2) is 0 Å². The van der Waals surface area contributed by atoms with E-state index in [0.29, 0.717) is 12.1 Å². The molecule has 0 spiro atoms. The highest BCUT2D eigenvalue weighted by Crippen LogP contribution is 2.31. The van der Waals surface area contributed by atoms with Crippen LogP contribution in [0, 0.1) is 4.91 Å². The van der Waals surface area contributed by atoms with Gasteiger partial charge < -0.3 is 0 Å². The van der Waals surface area contributed by atoms with Crippen molar-refractivity contribution in [2.45, 2.75) is 37.8 Å². The topological polar surface area (TPSA) is 38.6 Å². The summed E-state index contributed by atoms with van der Waals surface area (Å²) in [7, 11) is 0. The zero-order chi connectivity index (χ0) is 8.84. The molecule has 5 heteroatoms. The Kier molecular flexibility index (Phi) is 1.49. The van der Waals surface area contributed by atoms with Gasteiger partial charge in [0, 0.05) is 6.54 Å². The summed E-state index contributed by atoms with van der Waals surface area (Å²) in [6, 6.07) is 1.05. The molecule has 3 saturated heterocycles. The minimum Gasteiger partial charge on any atom is -0.162 e. The van der Waals surface area contributed by atoms with Gasteiger partial charge in [0.05, 0.1) is 17.5 Å². The molecule has 72 valence electrons. The second-order valence-electron chi connectivity index (χ2n) is 4.15. The van der Waals surface area contributed by atoms with Gasteiger partial charge in [0.2, 0.25) is 0 Å². The zero-order valence-corrected chi connectivity index (χ0v) is 7.65. The molecule has 3 aliphatic heterocycles. The molecule has 13 heavy (non-hydrogen) atoms. The molecule has 0 unspecified atom stereocenters. The normalized spacial score (nSPS) is 38.8. The van der Waals surface area contributed by atoms with Crippen molar-refractivity contribution in [1.29, 1.82) is 0 Å². The molecule has 3 rings (SSSR count). The fourth-order valence-corrected chi connectivity index (χ4v) is 2.88. The van der Waals surface area contributed by atoms with Crippen molar-refractivity contribution >= 4 is 0 Å². The van der Waals surface area contributed by atoms with Gasteiger partial charge in [-0.3, -0.25) is 0 Å². The lowest BCUT2D eigenvalue weighted by atomic mass is 10.0. The maximum Gasteiger partial charge on any atom is 0.264 e. The van der Waals surface area contributed by atoms with Gasteiger partial charge in [-0.1, -0.05) is 0 Å². The van der Waals surface area contributed by atoms with Crippen molar-refractivity contribution in [2.24, 2.45) is 0 Å². The highest BCUT2D eigenvalue weighted by Gasteiger charge is 2.50. The molecular weight excluding hydrogens is 168 g/mol. The lowest BCUT2D eigenvalue weighted by molar-refractivity contribution is -0.790. The van der Waals surface area contributed by atoms with E-state index in [9.17, 15) is 4.91 Å². The average Bonchev–Trinajstić information content (AvgIpc) is 2.66. The number of hydrogen-bond donors (Lipinski definition) is 1. The van der Waals surface area contributed by atoms with E-state index in [-0.39, 0.29) is 0 Å². The summed E-state index contributed by atoms with van der Waals surface area (Å²) in [4.78, 5) is 12.4. The van der Waals surface area contributed by atoms with Crippen LogP contribution in [0.3, 0.4) is 0 Å². The first-order valence-corrected chi connectivity index (χ1v) is 5.13. The molecule has 3 aliphatic rings. The fraction of sp³-hybridized carbons (Fsp3) is 1.00. The highest BCUT2D eigenvalue weighted by molar-refractivity contribution is 4.90. The van der Waals surface area contributed by atoms with Gasteiger partial charge in [0.1, 0.15) is 6.04 Å². The Morgan fingerprint density at radius 2 is 1.92 bits per heavy atom. The van der Waals surface area contributed by atoms with Crippen LogP contribution in [-0.4, -0.2) is 40.2 Å². The van der Waals surface area contributed by atoms with Crippen LogP contribution >= 0.6 is 0 Å². The summed E-state index contributed by atoms with van der Waals surface area (Å²) < 4.78 is 0. The predicted molar refractivity (Wildman–Crippen MR) is 46.2 cm³/mol. The van der Waals surface area contributed by atoms with Crippen molar-refractivity contribution in [2.75, 3.05) is 13.1 Å². The Bertz CT molecular complexity index is 244. The summed E-state index contributed by atoms with van der Waals surface area (Å²) in [5.41, 5.74) is 2.89. The number of nitrogens with zero attached hydrogens (tertiary/aromatic N) is 3. The molecule has 0 aliphatic carbocycles. The Morgan fingerprint density at radius 3 is 2.85 bits per heavy atom. The van der Waals surface area contributed by atoms with Crippen LogP contribution in [0.4, 0.5) is 0 Å². The molecule has 3 fully saturated rings. The first-order chi connectivity index (χ1) is 6.36. The number of nitroso groups, excluding NO2 is 1. The van der Waals surface area contributed by atoms with Crippen LogP contribution in [0.5, 0.6) is 0 Å². The largest absolute Gasteiger partial charge is 0.264 e. The number of nitrogens with one attached hydrogen (secondary N) is 1. The lowest BCUT2D eigenvalue weighted by Gasteiger charge is -2.33. The third-order valence-electron chi connectivity index (χ3n) is 3.46. The van der Waals surface area contributed by atoms with E-state index >= 15 is 0 Å². The Morgan fingerprint density at radius 1 is 1.15 bits per heavy atom. The van der Waals surface area contributed by atoms with Crippen molar-refractivity contribution in [3.63, 3.8) is 0 Å². The average molecular weight is 183 g/mol. The minimum atomic E-state index is 0.473. The van der Waals surface area contributed by atoms with Gasteiger partial charge in [-0.25, -0.2) is 0 Å². The van der Waals surface area contributed by atoms with E-state index in [1.807, 2.05) is 5.01 Å². The van der Waals surface area contributed by atoms with Gasteiger partial charge >= 0.3 is 0 Å². The van der Waals surface area contributed by atoms with Gasteiger partial charge in [-0.15, -0.1) is 5.01 Å². The van der Waals surface area contributed by atoms with Crippen LogP contribution in [0.2, 0.25) is 0 Å². The van der Waals surface area contributed by atoms with Gasteiger partial charge in [0.15, 0.2) is 0 Å². The summed E-state index contributed by atoms with van der Waals surface area (Å²) >= 11 is 0. The van der Waals surface area contributed by atoms with Crippen molar-refractivity contribution in [3.05, 3.63) is 4.91 Å². The molecule has 0 aromatic heterocycles. The van der Waals surface area contributed by atoms with Crippen LogP contribution in [-0.2, 0) is 0 Å². The standard InChI is InChI=1S/C8H15N4O/c13-12-9-10-5-1-3-7(10)8-4-2-6-11(8)12/h7-8H,1-6H2,(H,9,13)/q+1/t7-,8-/m0/s1. The fourth-order valence-electron chi connectivity index (χ4n) is 2.88. The Labute approximate surface area is 77.2 Å². The molecule has 0 bridgehead atoms. The lowest BCUT2D eigenvalue weighted by Crippen LogP contribution is -2.64. The first-order valence-electron chi connectivity index (χ1n) is 5.13. The zero-order valence-electron chi connectivity index (χ0n) is 7.65. The summed E-state index contributed by atoms with van der Waals surface area (Å²) in [5.74, 6) is 0. The Balaban J connectivity index is 1.88. The molecule has 0 aromatic carbocycles. The second kappa shape index (κ2) is 2.57. The predicted octanol–water partition coefficient (Wildman–Crippen LogP) is 0.0423. The monoisotopic (exact) mass is 183 g/mol. The number of rotatable bonds is 0. The highest BCUT2D eigenvalue weighted by atomic mass is 16.4. The molecule has 3 heterocycles. The summed E-state index contributed by atoms with van der Waals surface area (Å²) in [6.45, 7) is 1.94. The van der Waals surface area contributed by atoms with E-state index in [0.717, 1.165) is 24.5 Å². The molecule has 0 radical (unpaired) electrons. The van der Waals surface area contributed by atoms with Crippen LogP contribution in [0.1, 0.15) is 25.7 Å². The van der Waals surface area contributed by atoms with Crippen LogP contribution in [0.25, 0.3) is 0 Å². The van der Waals surface area contributed by atoms with Crippen LogP contribution < -0.4 is 5.53 Å². The van der Waals surface area contributed by atoms with Gasteiger partial charge in [0.25, 0.3) is 4.98 Å². The molecule has 0 aromatic rings.